The zero-order chi connectivity index (χ0) is 20.0. The molecule has 0 saturated carbocycles. The maximum absolute atomic E-state index is 7.35. The molecule has 4 heteroatoms. The standard InChI is InChI=1S/C24H31NOSi2/c1-21(2)25-20-27(3,4)26-28(22-14-8-5-9-15-22,23-16-10-6-11-17-23)24-18-12-7-13-19-24/h5-19,21,25H,20H2,1-4H3. The lowest BCUT2D eigenvalue weighted by molar-refractivity contribution is 0.538. The van der Waals surface area contributed by atoms with E-state index in [9.17, 15) is 0 Å². The van der Waals surface area contributed by atoms with Gasteiger partial charge in [0, 0.05) is 12.2 Å². The molecule has 3 rings (SSSR count). The molecule has 0 aliphatic heterocycles. The molecule has 0 fully saturated rings. The minimum atomic E-state index is -2.61. The van der Waals surface area contributed by atoms with Crippen LogP contribution in [-0.4, -0.2) is 28.8 Å². The van der Waals surface area contributed by atoms with Gasteiger partial charge in [0.2, 0.25) is 0 Å². The van der Waals surface area contributed by atoms with Gasteiger partial charge in [-0.25, -0.2) is 0 Å². The summed E-state index contributed by atoms with van der Waals surface area (Å²) in [6, 6.07) is 33.0. The van der Waals surface area contributed by atoms with E-state index in [-0.39, 0.29) is 0 Å². The molecule has 0 heterocycles. The van der Waals surface area contributed by atoms with Crippen LogP contribution < -0.4 is 20.9 Å². The van der Waals surface area contributed by atoms with E-state index in [1.807, 2.05) is 0 Å². The van der Waals surface area contributed by atoms with E-state index in [2.05, 4.69) is 123 Å². The van der Waals surface area contributed by atoms with E-state index >= 15 is 0 Å². The van der Waals surface area contributed by atoms with Gasteiger partial charge in [0.25, 0.3) is 8.32 Å². The van der Waals surface area contributed by atoms with Crippen molar-refractivity contribution in [2.75, 3.05) is 6.17 Å². The highest BCUT2D eigenvalue weighted by Gasteiger charge is 2.46. The van der Waals surface area contributed by atoms with Crippen molar-refractivity contribution in [3.05, 3.63) is 91.0 Å². The van der Waals surface area contributed by atoms with Crippen molar-refractivity contribution in [3.8, 4) is 0 Å². The van der Waals surface area contributed by atoms with Gasteiger partial charge in [-0.3, -0.25) is 0 Å². The van der Waals surface area contributed by atoms with Crippen molar-refractivity contribution in [1.82, 2.24) is 5.32 Å². The predicted octanol–water partition coefficient (Wildman–Crippen LogP) is 3.41. The van der Waals surface area contributed by atoms with Crippen LogP contribution in [0.5, 0.6) is 0 Å². The molecule has 0 aliphatic carbocycles. The van der Waals surface area contributed by atoms with Crippen LogP contribution in [0.25, 0.3) is 0 Å². The lowest BCUT2D eigenvalue weighted by Crippen LogP contribution is -2.73. The first-order valence-corrected chi connectivity index (χ1v) is 15.1. The summed E-state index contributed by atoms with van der Waals surface area (Å²) in [5.74, 6) is 0. The van der Waals surface area contributed by atoms with E-state index in [0.29, 0.717) is 6.04 Å². The van der Waals surface area contributed by atoms with Crippen molar-refractivity contribution < 1.29 is 4.12 Å². The molecule has 1 N–H and O–H groups in total. The van der Waals surface area contributed by atoms with Crippen LogP contribution in [0.2, 0.25) is 13.1 Å². The van der Waals surface area contributed by atoms with Crippen LogP contribution in [0.3, 0.4) is 0 Å². The van der Waals surface area contributed by atoms with E-state index in [0.717, 1.165) is 6.17 Å². The van der Waals surface area contributed by atoms with Crippen molar-refractivity contribution in [2.45, 2.75) is 33.0 Å². The fourth-order valence-electron chi connectivity index (χ4n) is 3.60. The maximum atomic E-state index is 7.35. The van der Waals surface area contributed by atoms with Gasteiger partial charge in [0.1, 0.15) is 0 Å². The van der Waals surface area contributed by atoms with Gasteiger partial charge in [-0.2, -0.15) is 0 Å². The lowest BCUT2D eigenvalue weighted by Gasteiger charge is -2.40. The first-order chi connectivity index (χ1) is 13.4. The van der Waals surface area contributed by atoms with Crippen LogP contribution in [0, 0.1) is 0 Å². The van der Waals surface area contributed by atoms with E-state index in [1.165, 1.54) is 15.6 Å². The first kappa shape index (κ1) is 20.7. The van der Waals surface area contributed by atoms with Crippen molar-refractivity contribution in [2.24, 2.45) is 0 Å². The Kier molecular flexibility index (Phi) is 6.67. The number of rotatable bonds is 8. The summed E-state index contributed by atoms with van der Waals surface area (Å²) in [6.45, 7) is 9.05. The average molecular weight is 406 g/mol. The smallest absolute Gasteiger partial charge is 0.278 e. The number of hydrogen-bond donors (Lipinski definition) is 1. The molecular weight excluding hydrogens is 374 g/mol. The Morgan fingerprint density at radius 3 is 1.36 bits per heavy atom. The summed E-state index contributed by atoms with van der Waals surface area (Å²) in [6.07, 6.45) is 0.936. The molecule has 28 heavy (non-hydrogen) atoms. The van der Waals surface area contributed by atoms with Gasteiger partial charge < -0.3 is 9.43 Å². The molecule has 0 saturated heterocycles. The minimum Gasteiger partial charge on any atom is -0.445 e. The highest BCUT2D eigenvalue weighted by atomic mass is 28.4. The zero-order valence-electron chi connectivity index (χ0n) is 17.4. The third kappa shape index (κ3) is 4.70. The van der Waals surface area contributed by atoms with Crippen LogP contribution in [0.1, 0.15) is 13.8 Å². The molecule has 3 aromatic carbocycles. The Balaban J connectivity index is 2.19. The normalized spacial score (nSPS) is 12.3. The van der Waals surface area contributed by atoms with E-state index in [4.69, 9.17) is 4.12 Å². The summed E-state index contributed by atoms with van der Waals surface area (Å²) in [5, 5.41) is 7.53. The van der Waals surface area contributed by atoms with E-state index < -0.39 is 16.6 Å². The van der Waals surface area contributed by atoms with Gasteiger partial charge >= 0.3 is 0 Å². The van der Waals surface area contributed by atoms with Crippen molar-refractivity contribution in [1.29, 1.82) is 0 Å². The summed E-state index contributed by atoms with van der Waals surface area (Å²) < 4.78 is 7.35. The quantitative estimate of drug-likeness (QED) is 0.458. The Labute approximate surface area is 171 Å². The van der Waals surface area contributed by atoms with Crippen LogP contribution in [-0.2, 0) is 4.12 Å². The molecule has 0 spiro atoms. The molecule has 0 unspecified atom stereocenters. The molecule has 0 atom stereocenters. The fraction of sp³-hybridized carbons (Fsp3) is 0.250. The average Bonchev–Trinajstić information content (AvgIpc) is 2.73. The topological polar surface area (TPSA) is 21.3 Å². The Morgan fingerprint density at radius 2 is 1.04 bits per heavy atom. The second-order valence-electron chi connectivity index (χ2n) is 8.18. The van der Waals surface area contributed by atoms with Crippen LogP contribution in [0.4, 0.5) is 0 Å². The largest absolute Gasteiger partial charge is 0.445 e. The lowest BCUT2D eigenvalue weighted by atomic mass is 10.3. The molecule has 0 aliphatic rings. The van der Waals surface area contributed by atoms with Crippen molar-refractivity contribution >= 4 is 32.2 Å². The second-order valence-corrected chi connectivity index (χ2v) is 16.0. The molecule has 0 radical (unpaired) electrons. The van der Waals surface area contributed by atoms with Gasteiger partial charge in [-0.1, -0.05) is 105 Å². The van der Waals surface area contributed by atoms with Gasteiger partial charge in [-0.05, 0) is 28.7 Å². The zero-order valence-corrected chi connectivity index (χ0v) is 19.4. The fourth-order valence-corrected chi connectivity index (χ4v) is 12.5. The highest BCUT2D eigenvalue weighted by molar-refractivity contribution is 7.10. The monoisotopic (exact) mass is 405 g/mol. The van der Waals surface area contributed by atoms with Crippen LogP contribution >= 0.6 is 0 Å². The minimum absolute atomic E-state index is 0.455. The predicted molar refractivity (Wildman–Crippen MR) is 126 cm³/mol. The Morgan fingerprint density at radius 1 is 0.679 bits per heavy atom. The molecule has 0 amide bonds. The van der Waals surface area contributed by atoms with Gasteiger partial charge in [0.05, 0.1) is 0 Å². The van der Waals surface area contributed by atoms with E-state index in [1.54, 1.807) is 0 Å². The SMILES string of the molecule is CC(C)NC[Si](C)(C)O[Si](c1ccccc1)(c1ccccc1)c1ccccc1. The molecule has 2 nitrogen and oxygen atoms in total. The van der Waals surface area contributed by atoms with Gasteiger partial charge in [-0.15, -0.1) is 0 Å². The van der Waals surface area contributed by atoms with Crippen LogP contribution in [0.15, 0.2) is 91.0 Å². The van der Waals surface area contributed by atoms with Crippen molar-refractivity contribution in [3.63, 3.8) is 0 Å². The molecule has 0 aromatic heterocycles. The summed E-state index contributed by atoms with van der Waals surface area (Å²) in [5.41, 5.74) is 0. The number of benzene rings is 3. The molecule has 3 aromatic rings. The molecular formula is C24H31NOSi2. The molecule has 146 valence electrons. The molecule has 0 bridgehead atoms. The Bertz CT molecular complexity index is 755. The highest BCUT2D eigenvalue weighted by Crippen LogP contribution is 2.16. The summed E-state index contributed by atoms with van der Waals surface area (Å²) in [7, 11) is -4.61. The third-order valence-electron chi connectivity index (χ3n) is 4.91. The first-order valence-electron chi connectivity index (χ1n) is 10.0. The maximum Gasteiger partial charge on any atom is 0.278 e. The van der Waals surface area contributed by atoms with Gasteiger partial charge in [0.15, 0.2) is 8.32 Å². The number of nitrogens with one attached hydrogen (secondary N) is 1. The summed E-state index contributed by atoms with van der Waals surface area (Å²) >= 11 is 0. The second kappa shape index (κ2) is 9.01. The number of hydrogen-bond acceptors (Lipinski definition) is 2. The Hall–Kier alpha value is -1.99. The summed E-state index contributed by atoms with van der Waals surface area (Å²) in [4.78, 5) is 0. The third-order valence-corrected chi connectivity index (χ3v) is 12.8.